The fourth-order valence-electron chi connectivity index (χ4n) is 1.99. The lowest BCUT2D eigenvalue weighted by Gasteiger charge is -2.13. The molecule has 0 aliphatic heterocycles. The van der Waals surface area contributed by atoms with Gasteiger partial charge in [0.25, 0.3) is 0 Å². The second kappa shape index (κ2) is 8.45. The van der Waals surface area contributed by atoms with Crippen molar-refractivity contribution in [2.45, 2.75) is 32.3 Å². The molecule has 1 aromatic carbocycles. The molecule has 0 aromatic heterocycles. The molecule has 1 aliphatic carbocycles. The second-order valence-electron chi connectivity index (χ2n) is 5.60. The zero-order chi connectivity index (χ0) is 15.8. The first-order chi connectivity index (χ1) is 10.7. The minimum absolute atomic E-state index is 0.0466. The highest BCUT2D eigenvalue weighted by atomic mass is 16.5. The van der Waals surface area contributed by atoms with Crippen LogP contribution in [0.25, 0.3) is 0 Å². The highest BCUT2D eigenvalue weighted by molar-refractivity contribution is 5.80. The van der Waals surface area contributed by atoms with Gasteiger partial charge >= 0.3 is 0 Å². The van der Waals surface area contributed by atoms with E-state index in [1.54, 1.807) is 6.92 Å². The van der Waals surface area contributed by atoms with Crippen molar-refractivity contribution in [3.8, 4) is 18.1 Å². The van der Waals surface area contributed by atoms with Gasteiger partial charge < -0.3 is 14.8 Å². The molecule has 1 atom stereocenters. The Morgan fingerprint density at radius 1 is 1.41 bits per heavy atom. The maximum Gasteiger partial charge on any atom is 0.248 e. The van der Waals surface area contributed by atoms with Crippen molar-refractivity contribution in [1.29, 1.82) is 0 Å². The average Bonchev–Trinajstić information content (AvgIpc) is 3.36. The van der Waals surface area contributed by atoms with Gasteiger partial charge in [-0.25, -0.2) is 0 Å². The summed E-state index contributed by atoms with van der Waals surface area (Å²) >= 11 is 0. The standard InChI is InChI=1S/C18H23NO3/c1-3-12-21-17-8-6-15(7-9-17)10-11-19-18(20)14(2)22-13-16-4-5-16/h1,6-9,14,16H,4-5,10-13H2,2H3,(H,19,20)/t14-/m0/s1. The van der Waals surface area contributed by atoms with Crippen LogP contribution in [0.3, 0.4) is 0 Å². The van der Waals surface area contributed by atoms with E-state index < -0.39 is 0 Å². The van der Waals surface area contributed by atoms with Crippen molar-refractivity contribution in [3.05, 3.63) is 29.8 Å². The number of benzene rings is 1. The molecule has 4 nitrogen and oxygen atoms in total. The maximum absolute atomic E-state index is 11.9. The van der Waals surface area contributed by atoms with Crippen LogP contribution in [-0.4, -0.2) is 31.8 Å². The Kier molecular flexibility index (Phi) is 6.29. The van der Waals surface area contributed by atoms with Crippen molar-refractivity contribution < 1.29 is 14.3 Å². The molecular weight excluding hydrogens is 278 g/mol. The number of hydrogen-bond acceptors (Lipinski definition) is 3. The molecule has 0 heterocycles. The fraction of sp³-hybridized carbons (Fsp3) is 0.500. The third-order valence-corrected chi connectivity index (χ3v) is 3.61. The molecule has 0 saturated heterocycles. The zero-order valence-corrected chi connectivity index (χ0v) is 13.0. The van der Waals surface area contributed by atoms with Crippen LogP contribution < -0.4 is 10.1 Å². The largest absolute Gasteiger partial charge is 0.481 e. The lowest BCUT2D eigenvalue weighted by atomic mass is 10.1. The molecule has 1 fully saturated rings. The molecule has 1 aliphatic rings. The molecule has 1 aromatic rings. The summed E-state index contributed by atoms with van der Waals surface area (Å²) in [6.45, 7) is 3.37. The summed E-state index contributed by atoms with van der Waals surface area (Å²) in [5.74, 6) is 3.81. The van der Waals surface area contributed by atoms with E-state index in [-0.39, 0.29) is 18.6 Å². The number of carbonyl (C=O) groups is 1. The van der Waals surface area contributed by atoms with Gasteiger partial charge in [0.15, 0.2) is 0 Å². The van der Waals surface area contributed by atoms with Gasteiger partial charge in [-0.1, -0.05) is 18.1 Å². The normalized spacial score (nSPS) is 14.9. The first-order valence-corrected chi connectivity index (χ1v) is 7.73. The van der Waals surface area contributed by atoms with E-state index in [0.717, 1.165) is 17.7 Å². The van der Waals surface area contributed by atoms with Gasteiger partial charge in [-0.2, -0.15) is 0 Å². The van der Waals surface area contributed by atoms with Crippen LogP contribution in [0, 0.1) is 18.3 Å². The molecule has 1 N–H and O–H groups in total. The topological polar surface area (TPSA) is 47.6 Å². The number of rotatable bonds is 9. The van der Waals surface area contributed by atoms with E-state index >= 15 is 0 Å². The third kappa shape index (κ3) is 5.79. The fourth-order valence-corrected chi connectivity index (χ4v) is 1.99. The van der Waals surface area contributed by atoms with E-state index in [1.165, 1.54) is 12.8 Å². The van der Waals surface area contributed by atoms with Crippen molar-refractivity contribution in [2.24, 2.45) is 5.92 Å². The highest BCUT2D eigenvalue weighted by Gasteiger charge is 2.23. The number of carbonyl (C=O) groups excluding carboxylic acids is 1. The van der Waals surface area contributed by atoms with Crippen LogP contribution in [0.15, 0.2) is 24.3 Å². The summed E-state index contributed by atoms with van der Waals surface area (Å²) in [6, 6.07) is 7.72. The Balaban J connectivity index is 1.64. The Morgan fingerprint density at radius 3 is 2.77 bits per heavy atom. The van der Waals surface area contributed by atoms with Crippen LogP contribution >= 0.6 is 0 Å². The molecule has 0 bridgehead atoms. The van der Waals surface area contributed by atoms with E-state index in [1.807, 2.05) is 24.3 Å². The summed E-state index contributed by atoms with van der Waals surface area (Å²) in [7, 11) is 0. The average molecular weight is 301 g/mol. The summed E-state index contributed by atoms with van der Waals surface area (Å²) < 4.78 is 10.9. The van der Waals surface area contributed by atoms with Gasteiger partial charge in [0.1, 0.15) is 18.5 Å². The minimum Gasteiger partial charge on any atom is -0.481 e. The third-order valence-electron chi connectivity index (χ3n) is 3.61. The van der Waals surface area contributed by atoms with Gasteiger partial charge in [0.2, 0.25) is 5.91 Å². The predicted molar refractivity (Wildman–Crippen MR) is 85.6 cm³/mol. The molecule has 4 heteroatoms. The Bertz CT molecular complexity index is 514. The zero-order valence-electron chi connectivity index (χ0n) is 13.0. The molecule has 118 valence electrons. The Labute approximate surface area is 132 Å². The Hall–Kier alpha value is -1.99. The molecule has 1 amide bonds. The van der Waals surface area contributed by atoms with E-state index in [0.29, 0.717) is 19.1 Å². The van der Waals surface area contributed by atoms with Crippen LogP contribution in [0.1, 0.15) is 25.3 Å². The number of ether oxygens (including phenoxy) is 2. The number of terminal acetylenes is 1. The van der Waals surface area contributed by atoms with Crippen LogP contribution in [0.4, 0.5) is 0 Å². The van der Waals surface area contributed by atoms with E-state index in [4.69, 9.17) is 15.9 Å². The molecule has 0 unspecified atom stereocenters. The number of hydrogen-bond donors (Lipinski definition) is 1. The summed E-state index contributed by atoms with van der Waals surface area (Å²) in [4.78, 5) is 11.9. The minimum atomic E-state index is -0.375. The number of amides is 1. The van der Waals surface area contributed by atoms with Gasteiger partial charge in [-0.3, -0.25) is 4.79 Å². The van der Waals surface area contributed by atoms with Gasteiger partial charge in [-0.15, -0.1) is 6.42 Å². The maximum atomic E-state index is 11.9. The smallest absolute Gasteiger partial charge is 0.248 e. The van der Waals surface area contributed by atoms with Gasteiger partial charge in [0.05, 0.1) is 6.61 Å². The monoisotopic (exact) mass is 301 g/mol. The van der Waals surface area contributed by atoms with E-state index in [9.17, 15) is 4.79 Å². The van der Waals surface area contributed by atoms with Crippen LogP contribution in [-0.2, 0) is 16.0 Å². The van der Waals surface area contributed by atoms with E-state index in [2.05, 4.69) is 11.2 Å². The molecule has 0 radical (unpaired) electrons. The summed E-state index contributed by atoms with van der Waals surface area (Å²) in [6.07, 6.45) is 8.00. The first kappa shape index (κ1) is 16.4. The summed E-state index contributed by atoms with van der Waals surface area (Å²) in [5, 5.41) is 2.90. The van der Waals surface area contributed by atoms with Crippen LogP contribution in [0.2, 0.25) is 0 Å². The van der Waals surface area contributed by atoms with Crippen molar-refractivity contribution in [1.82, 2.24) is 5.32 Å². The molecule has 2 rings (SSSR count). The van der Waals surface area contributed by atoms with Gasteiger partial charge in [0, 0.05) is 6.54 Å². The van der Waals surface area contributed by atoms with Crippen molar-refractivity contribution in [2.75, 3.05) is 19.8 Å². The lowest BCUT2D eigenvalue weighted by molar-refractivity contribution is -0.131. The molecule has 22 heavy (non-hydrogen) atoms. The highest BCUT2D eigenvalue weighted by Crippen LogP contribution is 2.29. The quantitative estimate of drug-likeness (QED) is 0.711. The Morgan fingerprint density at radius 2 is 2.14 bits per heavy atom. The van der Waals surface area contributed by atoms with Gasteiger partial charge in [-0.05, 0) is 49.8 Å². The first-order valence-electron chi connectivity index (χ1n) is 7.73. The predicted octanol–water partition coefficient (Wildman–Crippen LogP) is 2.17. The van der Waals surface area contributed by atoms with Crippen molar-refractivity contribution >= 4 is 5.91 Å². The second-order valence-corrected chi connectivity index (χ2v) is 5.60. The van der Waals surface area contributed by atoms with Crippen molar-refractivity contribution in [3.63, 3.8) is 0 Å². The lowest BCUT2D eigenvalue weighted by Crippen LogP contribution is -2.36. The molecular formula is C18H23NO3. The molecule has 0 spiro atoms. The summed E-state index contributed by atoms with van der Waals surface area (Å²) in [5.41, 5.74) is 1.14. The van der Waals surface area contributed by atoms with Crippen LogP contribution in [0.5, 0.6) is 5.75 Å². The number of nitrogens with one attached hydrogen (secondary N) is 1. The molecule has 1 saturated carbocycles. The SMILES string of the molecule is C#CCOc1ccc(CCNC(=O)[C@H](C)OCC2CC2)cc1.